The highest BCUT2D eigenvalue weighted by Gasteiger charge is 2.44. The Morgan fingerprint density at radius 3 is 2.17 bits per heavy atom. The molecule has 1 aliphatic heterocycles. The minimum absolute atomic E-state index is 0.0457. The van der Waals surface area contributed by atoms with Crippen molar-refractivity contribution in [2.45, 2.75) is 104 Å². The van der Waals surface area contributed by atoms with Crippen molar-refractivity contribution in [1.82, 2.24) is 15.3 Å². The van der Waals surface area contributed by atoms with Gasteiger partial charge in [-0.15, -0.1) is 0 Å². The van der Waals surface area contributed by atoms with Crippen LogP contribution in [0.1, 0.15) is 102 Å². The number of amides is 3. The second-order valence-electron chi connectivity index (χ2n) is 12.5. The van der Waals surface area contributed by atoms with Gasteiger partial charge in [-0.05, 0) is 91.5 Å². The summed E-state index contributed by atoms with van der Waals surface area (Å²) in [5.41, 5.74) is 1.06. The molecule has 2 aromatic rings. The van der Waals surface area contributed by atoms with Gasteiger partial charge < -0.3 is 24.8 Å². The van der Waals surface area contributed by atoms with E-state index < -0.39 is 23.4 Å². The van der Waals surface area contributed by atoms with E-state index in [0.29, 0.717) is 11.3 Å². The molecule has 11 nitrogen and oxygen atoms in total. The zero-order valence-corrected chi connectivity index (χ0v) is 25.3. The first-order chi connectivity index (χ1) is 19.1. The molecule has 1 aromatic heterocycles. The number of aromatic nitrogens is 2. The van der Waals surface area contributed by atoms with Crippen LogP contribution < -0.4 is 20.3 Å². The molecule has 0 atom stereocenters. The lowest BCUT2D eigenvalue weighted by atomic mass is 9.77. The van der Waals surface area contributed by atoms with Gasteiger partial charge in [0.1, 0.15) is 17.5 Å². The number of nitrogens with zero attached hydrogens (tertiary/aromatic N) is 3. The van der Waals surface area contributed by atoms with Gasteiger partial charge in [0.2, 0.25) is 5.75 Å². The van der Waals surface area contributed by atoms with Crippen molar-refractivity contribution in [3.63, 3.8) is 0 Å². The number of nitrogens with one attached hydrogen (secondary N) is 2. The van der Waals surface area contributed by atoms with Crippen molar-refractivity contribution in [3.8, 4) is 5.75 Å². The summed E-state index contributed by atoms with van der Waals surface area (Å²) in [5, 5.41) is 6.55. The van der Waals surface area contributed by atoms with E-state index in [9.17, 15) is 14.4 Å². The number of ether oxygens (including phenoxy) is 3. The zero-order chi connectivity index (χ0) is 30.2. The lowest BCUT2D eigenvalue weighted by Crippen LogP contribution is -2.44. The van der Waals surface area contributed by atoms with Crippen LogP contribution in [-0.4, -0.2) is 45.9 Å². The summed E-state index contributed by atoms with van der Waals surface area (Å²) in [7, 11) is 0. The molecule has 0 radical (unpaired) electrons. The van der Waals surface area contributed by atoms with Gasteiger partial charge in [0.05, 0.1) is 12.1 Å². The van der Waals surface area contributed by atoms with Crippen LogP contribution >= 0.6 is 0 Å². The Bertz CT molecular complexity index is 1310. The van der Waals surface area contributed by atoms with Gasteiger partial charge in [-0.1, -0.05) is 19.3 Å². The van der Waals surface area contributed by atoms with Crippen molar-refractivity contribution in [2.75, 3.05) is 16.8 Å². The van der Waals surface area contributed by atoms with E-state index in [4.69, 9.17) is 14.2 Å². The molecule has 0 unspecified atom stereocenters. The molecule has 11 heteroatoms. The number of anilines is 3. The van der Waals surface area contributed by atoms with Crippen LogP contribution in [0.3, 0.4) is 0 Å². The number of carbonyl (C=O) groups excluding carboxylic acids is 3. The molecule has 1 aliphatic carbocycles. The zero-order valence-electron chi connectivity index (χ0n) is 25.3. The van der Waals surface area contributed by atoms with Crippen molar-refractivity contribution in [2.24, 2.45) is 0 Å². The molecule has 222 valence electrons. The number of carbonyl (C=O) groups is 3. The van der Waals surface area contributed by atoms with E-state index in [-0.39, 0.29) is 35.4 Å². The standard InChI is InChI=1S/C30H41N5O6/c1-9-39-22-23(31-17-32-24(22)35(26(37)40-28(3,4)5)27(38)41-29(6,7)8)33-19-15-18(2)21-20(16-19)30(34-25(21)36)13-11-10-12-14-30/h15-17H,9-14H2,1-8H3,(H,34,36)(H,31,32,33). The predicted octanol–water partition coefficient (Wildman–Crippen LogP) is 6.51. The smallest absolute Gasteiger partial charge is 0.425 e. The fourth-order valence-corrected chi connectivity index (χ4v) is 5.32. The summed E-state index contributed by atoms with van der Waals surface area (Å²) in [6.45, 7) is 14.1. The Labute approximate surface area is 241 Å². The maximum Gasteiger partial charge on any atom is 0.425 e. The monoisotopic (exact) mass is 567 g/mol. The van der Waals surface area contributed by atoms with Crippen molar-refractivity contribution < 1.29 is 28.6 Å². The number of rotatable bonds is 5. The molecule has 0 bridgehead atoms. The first kappa shape index (κ1) is 30.1. The maximum atomic E-state index is 13.3. The average Bonchev–Trinajstić information content (AvgIpc) is 3.10. The van der Waals surface area contributed by atoms with Crippen LogP contribution in [0.25, 0.3) is 0 Å². The molecule has 1 saturated carbocycles. The largest absolute Gasteiger partial charge is 0.487 e. The Morgan fingerprint density at radius 2 is 1.61 bits per heavy atom. The van der Waals surface area contributed by atoms with Gasteiger partial charge in [-0.2, -0.15) is 4.90 Å². The van der Waals surface area contributed by atoms with E-state index in [1.54, 1.807) is 48.5 Å². The van der Waals surface area contributed by atoms with Crippen LogP contribution in [0.5, 0.6) is 5.75 Å². The summed E-state index contributed by atoms with van der Waals surface area (Å²) >= 11 is 0. The maximum absolute atomic E-state index is 13.3. The number of aryl methyl sites for hydroxylation is 1. The molecule has 2 aliphatic rings. The van der Waals surface area contributed by atoms with Gasteiger partial charge in [0.25, 0.3) is 5.91 Å². The van der Waals surface area contributed by atoms with E-state index >= 15 is 0 Å². The van der Waals surface area contributed by atoms with Gasteiger partial charge in [-0.25, -0.2) is 19.6 Å². The fourth-order valence-electron chi connectivity index (χ4n) is 5.32. The third-order valence-electron chi connectivity index (χ3n) is 6.84. The first-order valence-corrected chi connectivity index (χ1v) is 14.1. The number of imide groups is 1. The van der Waals surface area contributed by atoms with E-state index in [0.717, 1.165) is 48.1 Å². The minimum atomic E-state index is -0.963. The summed E-state index contributed by atoms with van der Waals surface area (Å²) in [6, 6.07) is 3.85. The van der Waals surface area contributed by atoms with Gasteiger partial charge in [-0.3, -0.25) is 4.79 Å². The predicted molar refractivity (Wildman–Crippen MR) is 155 cm³/mol. The van der Waals surface area contributed by atoms with Crippen LogP contribution in [0, 0.1) is 6.92 Å². The molecular weight excluding hydrogens is 526 g/mol. The molecule has 3 amide bonds. The first-order valence-electron chi connectivity index (χ1n) is 14.1. The fraction of sp³-hybridized carbons (Fsp3) is 0.567. The molecule has 2 heterocycles. The topological polar surface area (TPSA) is 132 Å². The highest BCUT2D eigenvalue weighted by Crippen LogP contribution is 2.45. The Hall–Kier alpha value is -3.89. The number of fused-ring (bicyclic) bond motifs is 2. The molecule has 1 aromatic carbocycles. The third-order valence-corrected chi connectivity index (χ3v) is 6.84. The van der Waals surface area contributed by atoms with E-state index in [1.165, 1.54) is 6.33 Å². The SMILES string of the molecule is CCOc1c(Nc2cc(C)c3c(c2)C2(CCCCC2)NC3=O)ncnc1N(C(=O)OC(C)(C)C)C(=O)OC(C)(C)C. The molecular formula is C30H41N5O6. The normalized spacial score (nSPS) is 16.0. The second kappa shape index (κ2) is 11.2. The Kier molecular flexibility index (Phi) is 8.20. The molecule has 1 fully saturated rings. The van der Waals surface area contributed by atoms with Crippen LogP contribution in [0.2, 0.25) is 0 Å². The summed E-state index contributed by atoms with van der Waals surface area (Å²) in [6.07, 6.45) is 4.32. The third kappa shape index (κ3) is 6.55. The molecule has 2 N–H and O–H groups in total. The van der Waals surface area contributed by atoms with Gasteiger partial charge in [0, 0.05) is 11.3 Å². The number of benzene rings is 1. The number of hydrogen-bond donors (Lipinski definition) is 2. The highest BCUT2D eigenvalue weighted by molar-refractivity contribution is 6.10. The lowest BCUT2D eigenvalue weighted by molar-refractivity contribution is 0.0427. The quantitative estimate of drug-likeness (QED) is 0.415. The highest BCUT2D eigenvalue weighted by atomic mass is 16.6. The van der Waals surface area contributed by atoms with Crippen molar-refractivity contribution in [3.05, 3.63) is 35.2 Å². The summed E-state index contributed by atoms with van der Waals surface area (Å²) in [4.78, 5) is 48.9. The Balaban J connectivity index is 1.78. The summed E-state index contributed by atoms with van der Waals surface area (Å²) < 4.78 is 17.0. The van der Waals surface area contributed by atoms with Crippen LogP contribution in [0.15, 0.2) is 18.5 Å². The van der Waals surface area contributed by atoms with E-state index in [2.05, 4.69) is 20.6 Å². The molecule has 4 rings (SSSR count). The lowest BCUT2D eigenvalue weighted by Gasteiger charge is -2.34. The van der Waals surface area contributed by atoms with Gasteiger partial charge >= 0.3 is 12.2 Å². The number of hydrogen-bond acceptors (Lipinski definition) is 9. The van der Waals surface area contributed by atoms with Crippen molar-refractivity contribution in [1.29, 1.82) is 0 Å². The van der Waals surface area contributed by atoms with Crippen LogP contribution in [-0.2, 0) is 15.0 Å². The summed E-state index contributed by atoms with van der Waals surface area (Å²) in [5.74, 6) is 0.150. The van der Waals surface area contributed by atoms with E-state index in [1.807, 2.05) is 19.1 Å². The average molecular weight is 568 g/mol. The molecule has 0 saturated heterocycles. The molecule has 41 heavy (non-hydrogen) atoms. The minimum Gasteiger partial charge on any atom is -0.487 e. The van der Waals surface area contributed by atoms with Crippen molar-refractivity contribution >= 4 is 35.4 Å². The second-order valence-corrected chi connectivity index (χ2v) is 12.5. The van der Waals surface area contributed by atoms with Crippen LogP contribution in [0.4, 0.5) is 26.9 Å². The van der Waals surface area contributed by atoms with Gasteiger partial charge in [0.15, 0.2) is 11.6 Å². The Morgan fingerprint density at radius 1 is 1.00 bits per heavy atom. The molecule has 1 spiro atoms.